The highest BCUT2D eigenvalue weighted by Gasteiger charge is 2.25. The predicted octanol–water partition coefficient (Wildman–Crippen LogP) is 1.42. The SMILES string of the molecule is COC(=O)/C=C/CNC(=O)c1ccnc(C2CC2)c1. The molecule has 1 aromatic heterocycles. The van der Waals surface area contributed by atoms with Crippen LogP contribution in [0.25, 0.3) is 0 Å². The van der Waals surface area contributed by atoms with Crippen molar-refractivity contribution in [3.8, 4) is 0 Å². The molecule has 1 aromatic rings. The number of carbonyl (C=O) groups is 2. The van der Waals surface area contributed by atoms with Gasteiger partial charge in [-0.15, -0.1) is 0 Å². The first-order valence-corrected chi connectivity index (χ1v) is 6.19. The molecule has 0 aromatic carbocycles. The van der Waals surface area contributed by atoms with Crippen LogP contribution in [-0.4, -0.2) is 30.5 Å². The molecule has 2 rings (SSSR count). The Morgan fingerprint density at radius 1 is 1.53 bits per heavy atom. The maximum atomic E-state index is 11.9. The standard InChI is InChI=1S/C14H16N2O3/c1-19-13(17)3-2-7-16-14(18)11-6-8-15-12(9-11)10-4-5-10/h2-3,6,8-10H,4-5,7H2,1H3,(H,16,18)/b3-2+. The van der Waals surface area contributed by atoms with Gasteiger partial charge in [-0.1, -0.05) is 6.08 Å². The molecular formula is C14H16N2O3. The van der Waals surface area contributed by atoms with Crippen molar-refractivity contribution < 1.29 is 14.3 Å². The van der Waals surface area contributed by atoms with Crippen LogP contribution in [0.1, 0.15) is 34.8 Å². The number of hydrogen-bond acceptors (Lipinski definition) is 4. The summed E-state index contributed by atoms with van der Waals surface area (Å²) in [6.45, 7) is 0.287. The summed E-state index contributed by atoms with van der Waals surface area (Å²) >= 11 is 0. The number of methoxy groups -OCH3 is 1. The maximum absolute atomic E-state index is 11.9. The Kier molecular flexibility index (Phi) is 4.28. The number of nitrogens with one attached hydrogen (secondary N) is 1. The second-order valence-electron chi connectivity index (χ2n) is 4.38. The monoisotopic (exact) mass is 260 g/mol. The lowest BCUT2D eigenvalue weighted by Gasteiger charge is -2.04. The average molecular weight is 260 g/mol. The molecule has 0 unspecified atom stereocenters. The van der Waals surface area contributed by atoms with Crippen LogP contribution in [0.3, 0.4) is 0 Å². The van der Waals surface area contributed by atoms with E-state index in [9.17, 15) is 9.59 Å². The molecule has 1 saturated carbocycles. The fraction of sp³-hybridized carbons (Fsp3) is 0.357. The third-order valence-corrected chi connectivity index (χ3v) is 2.87. The van der Waals surface area contributed by atoms with E-state index in [0.29, 0.717) is 11.5 Å². The first kappa shape index (κ1) is 13.3. The van der Waals surface area contributed by atoms with Crippen molar-refractivity contribution in [3.05, 3.63) is 41.7 Å². The molecule has 0 aliphatic heterocycles. The number of pyridine rings is 1. The normalized spacial score (nSPS) is 14.4. The van der Waals surface area contributed by atoms with Gasteiger partial charge in [-0.2, -0.15) is 0 Å². The molecule has 0 atom stereocenters. The number of hydrogen-bond donors (Lipinski definition) is 1. The van der Waals surface area contributed by atoms with Gasteiger partial charge in [-0.05, 0) is 25.0 Å². The molecular weight excluding hydrogens is 244 g/mol. The molecule has 0 bridgehead atoms. The van der Waals surface area contributed by atoms with E-state index >= 15 is 0 Å². The summed E-state index contributed by atoms with van der Waals surface area (Å²) in [7, 11) is 1.31. The number of esters is 1. The predicted molar refractivity (Wildman–Crippen MR) is 69.7 cm³/mol. The quantitative estimate of drug-likeness (QED) is 0.642. The van der Waals surface area contributed by atoms with Gasteiger partial charge in [0.25, 0.3) is 5.91 Å². The van der Waals surface area contributed by atoms with Crippen molar-refractivity contribution in [2.75, 3.05) is 13.7 Å². The molecule has 5 heteroatoms. The van der Waals surface area contributed by atoms with Gasteiger partial charge in [0.2, 0.25) is 0 Å². The van der Waals surface area contributed by atoms with E-state index < -0.39 is 5.97 Å². The van der Waals surface area contributed by atoms with E-state index in [1.54, 1.807) is 18.3 Å². The van der Waals surface area contributed by atoms with E-state index in [1.165, 1.54) is 13.2 Å². The summed E-state index contributed by atoms with van der Waals surface area (Å²) in [4.78, 5) is 26.9. The molecule has 19 heavy (non-hydrogen) atoms. The number of aromatic nitrogens is 1. The zero-order valence-electron chi connectivity index (χ0n) is 10.8. The minimum Gasteiger partial charge on any atom is -0.466 e. The van der Waals surface area contributed by atoms with Crippen molar-refractivity contribution in [2.24, 2.45) is 0 Å². The van der Waals surface area contributed by atoms with Crippen LogP contribution >= 0.6 is 0 Å². The van der Waals surface area contributed by atoms with Gasteiger partial charge < -0.3 is 10.1 Å². The molecule has 0 saturated heterocycles. The largest absolute Gasteiger partial charge is 0.466 e. The second-order valence-corrected chi connectivity index (χ2v) is 4.38. The van der Waals surface area contributed by atoms with Crippen LogP contribution in [-0.2, 0) is 9.53 Å². The molecule has 0 spiro atoms. The number of carbonyl (C=O) groups excluding carboxylic acids is 2. The summed E-state index contributed by atoms with van der Waals surface area (Å²) in [6.07, 6.45) is 6.79. The van der Waals surface area contributed by atoms with Crippen LogP contribution in [0.4, 0.5) is 0 Å². The minimum atomic E-state index is -0.436. The Hall–Kier alpha value is -2.17. The Morgan fingerprint density at radius 2 is 2.32 bits per heavy atom. The first-order valence-electron chi connectivity index (χ1n) is 6.19. The maximum Gasteiger partial charge on any atom is 0.330 e. The Bertz CT molecular complexity index is 507. The zero-order chi connectivity index (χ0) is 13.7. The summed E-state index contributed by atoms with van der Waals surface area (Å²) < 4.78 is 4.44. The summed E-state index contributed by atoms with van der Waals surface area (Å²) in [5.74, 6) is -0.0834. The zero-order valence-corrected chi connectivity index (χ0v) is 10.8. The molecule has 1 aliphatic rings. The Morgan fingerprint density at radius 3 is 3.00 bits per heavy atom. The highest BCUT2D eigenvalue weighted by molar-refractivity contribution is 5.94. The fourth-order valence-electron chi connectivity index (χ4n) is 1.67. The third-order valence-electron chi connectivity index (χ3n) is 2.87. The highest BCUT2D eigenvalue weighted by Crippen LogP contribution is 2.38. The van der Waals surface area contributed by atoms with Crippen molar-refractivity contribution >= 4 is 11.9 Å². The van der Waals surface area contributed by atoms with E-state index in [0.717, 1.165) is 18.5 Å². The summed E-state index contributed by atoms with van der Waals surface area (Å²) in [5.41, 5.74) is 1.58. The molecule has 0 radical (unpaired) electrons. The van der Waals surface area contributed by atoms with E-state index in [-0.39, 0.29) is 12.5 Å². The topological polar surface area (TPSA) is 68.3 Å². The Balaban J connectivity index is 1.87. The molecule has 5 nitrogen and oxygen atoms in total. The van der Waals surface area contributed by atoms with Gasteiger partial charge in [-0.3, -0.25) is 9.78 Å². The van der Waals surface area contributed by atoms with Gasteiger partial charge in [0.1, 0.15) is 0 Å². The van der Waals surface area contributed by atoms with E-state index in [1.807, 2.05) is 6.07 Å². The van der Waals surface area contributed by atoms with Crippen molar-refractivity contribution in [3.63, 3.8) is 0 Å². The fourth-order valence-corrected chi connectivity index (χ4v) is 1.67. The highest BCUT2D eigenvalue weighted by atomic mass is 16.5. The van der Waals surface area contributed by atoms with Gasteiger partial charge >= 0.3 is 5.97 Å². The van der Waals surface area contributed by atoms with E-state index in [2.05, 4.69) is 15.0 Å². The van der Waals surface area contributed by atoms with Gasteiger partial charge in [0.15, 0.2) is 0 Å². The smallest absolute Gasteiger partial charge is 0.330 e. The van der Waals surface area contributed by atoms with Crippen LogP contribution in [0, 0.1) is 0 Å². The van der Waals surface area contributed by atoms with Crippen LogP contribution in [0.2, 0.25) is 0 Å². The molecule has 1 fully saturated rings. The van der Waals surface area contributed by atoms with Gasteiger partial charge in [0.05, 0.1) is 7.11 Å². The number of rotatable bonds is 5. The Labute approximate surface area is 111 Å². The lowest BCUT2D eigenvalue weighted by Crippen LogP contribution is -2.23. The molecule has 1 amide bonds. The first-order chi connectivity index (χ1) is 9.20. The summed E-state index contributed by atoms with van der Waals surface area (Å²) in [5, 5.41) is 2.70. The van der Waals surface area contributed by atoms with Crippen LogP contribution in [0.15, 0.2) is 30.5 Å². The van der Waals surface area contributed by atoms with Crippen LogP contribution < -0.4 is 5.32 Å². The number of ether oxygens (including phenoxy) is 1. The number of amides is 1. The molecule has 1 heterocycles. The van der Waals surface area contributed by atoms with Crippen molar-refractivity contribution in [2.45, 2.75) is 18.8 Å². The average Bonchev–Trinajstić information content (AvgIpc) is 3.27. The second kappa shape index (κ2) is 6.13. The number of nitrogens with zero attached hydrogens (tertiary/aromatic N) is 1. The third kappa shape index (κ3) is 3.91. The van der Waals surface area contributed by atoms with Crippen molar-refractivity contribution in [1.29, 1.82) is 0 Å². The van der Waals surface area contributed by atoms with Crippen molar-refractivity contribution in [1.82, 2.24) is 10.3 Å². The minimum absolute atomic E-state index is 0.168. The lowest BCUT2D eigenvalue weighted by atomic mass is 10.1. The molecule has 100 valence electrons. The molecule has 1 N–H and O–H groups in total. The van der Waals surface area contributed by atoms with E-state index in [4.69, 9.17) is 0 Å². The lowest BCUT2D eigenvalue weighted by molar-refractivity contribution is -0.134. The van der Waals surface area contributed by atoms with Crippen LogP contribution in [0.5, 0.6) is 0 Å². The van der Waals surface area contributed by atoms with Gasteiger partial charge in [-0.25, -0.2) is 4.79 Å². The molecule has 1 aliphatic carbocycles. The van der Waals surface area contributed by atoms with Gasteiger partial charge in [0, 0.05) is 36.0 Å². The summed E-state index contributed by atoms with van der Waals surface area (Å²) in [6, 6.07) is 3.52.